The van der Waals surface area contributed by atoms with Crippen molar-refractivity contribution in [3.8, 4) is 5.82 Å². The lowest BCUT2D eigenvalue weighted by molar-refractivity contribution is 0.508. The smallest absolute Gasteiger partial charge is 0.189 e. The minimum atomic E-state index is -0.0862. The zero-order valence-electron chi connectivity index (χ0n) is 12.0. The SMILES string of the molecule is CC(C)(C)NC(N)=NCc1ccc(-n2ccnc2)nc1. The summed E-state index contributed by atoms with van der Waals surface area (Å²) in [6, 6.07) is 3.91. The lowest BCUT2D eigenvalue weighted by atomic mass is 10.1. The number of pyridine rings is 1. The van der Waals surface area contributed by atoms with Gasteiger partial charge in [0, 0.05) is 24.1 Å². The van der Waals surface area contributed by atoms with Crippen LogP contribution in [0, 0.1) is 0 Å². The molecule has 0 radical (unpaired) electrons. The molecule has 0 aliphatic heterocycles. The van der Waals surface area contributed by atoms with Gasteiger partial charge in [-0.25, -0.2) is 15.0 Å². The van der Waals surface area contributed by atoms with Crippen molar-refractivity contribution in [2.45, 2.75) is 32.9 Å². The molecule has 0 amide bonds. The maximum absolute atomic E-state index is 5.82. The fourth-order valence-electron chi connectivity index (χ4n) is 1.66. The number of hydrogen-bond donors (Lipinski definition) is 2. The second-order valence-electron chi connectivity index (χ2n) is 5.57. The monoisotopic (exact) mass is 272 g/mol. The van der Waals surface area contributed by atoms with E-state index in [1.807, 2.05) is 43.7 Å². The van der Waals surface area contributed by atoms with Crippen LogP contribution in [0.5, 0.6) is 0 Å². The fraction of sp³-hybridized carbons (Fsp3) is 0.357. The Hall–Kier alpha value is -2.37. The molecule has 2 aromatic heterocycles. The van der Waals surface area contributed by atoms with E-state index < -0.39 is 0 Å². The molecule has 0 aliphatic carbocycles. The van der Waals surface area contributed by atoms with Gasteiger partial charge >= 0.3 is 0 Å². The number of nitrogens with zero attached hydrogens (tertiary/aromatic N) is 4. The first-order valence-corrected chi connectivity index (χ1v) is 6.45. The standard InChI is InChI=1S/C14H20N6/c1-14(2,3)19-13(15)18-9-11-4-5-12(17-8-11)20-7-6-16-10-20/h4-8,10H,9H2,1-3H3,(H3,15,18,19). The van der Waals surface area contributed by atoms with Crippen molar-refractivity contribution in [3.63, 3.8) is 0 Å². The molecule has 0 bridgehead atoms. The van der Waals surface area contributed by atoms with Crippen molar-refractivity contribution in [3.05, 3.63) is 42.6 Å². The van der Waals surface area contributed by atoms with E-state index in [0.717, 1.165) is 11.4 Å². The van der Waals surface area contributed by atoms with E-state index in [-0.39, 0.29) is 5.54 Å². The Morgan fingerprint density at radius 1 is 1.40 bits per heavy atom. The molecule has 0 saturated heterocycles. The van der Waals surface area contributed by atoms with E-state index in [1.165, 1.54) is 0 Å². The molecule has 0 fully saturated rings. The minimum absolute atomic E-state index is 0.0862. The minimum Gasteiger partial charge on any atom is -0.370 e. The van der Waals surface area contributed by atoms with Crippen molar-refractivity contribution >= 4 is 5.96 Å². The van der Waals surface area contributed by atoms with Crippen LogP contribution in [0.25, 0.3) is 5.82 Å². The Balaban J connectivity index is 1.99. The highest BCUT2D eigenvalue weighted by molar-refractivity contribution is 5.78. The number of rotatable bonds is 3. The van der Waals surface area contributed by atoms with E-state index in [4.69, 9.17) is 5.73 Å². The van der Waals surface area contributed by atoms with Crippen LogP contribution in [-0.2, 0) is 6.54 Å². The summed E-state index contributed by atoms with van der Waals surface area (Å²) in [4.78, 5) is 12.7. The molecule has 2 heterocycles. The summed E-state index contributed by atoms with van der Waals surface area (Å²) in [7, 11) is 0. The molecule has 0 aromatic carbocycles. The van der Waals surface area contributed by atoms with Gasteiger partial charge < -0.3 is 11.1 Å². The molecule has 20 heavy (non-hydrogen) atoms. The van der Waals surface area contributed by atoms with Gasteiger partial charge in [-0.05, 0) is 32.4 Å². The Kier molecular flexibility index (Phi) is 4.02. The van der Waals surface area contributed by atoms with Gasteiger partial charge in [0.25, 0.3) is 0 Å². The highest BCUT2D eigenvalue weighted by Gasteiger charge is 2.09. The zero-order chi connectivity index (χ0) is 14.6. The van der Waals surface area contributed by atoms with Gasteiger partial charge in [-0.2, -0.15) is 0 Å². The lowest BCUT2D eigenvalue weighted by Gasteiger charge is -2.20. The molecule has 3 N–H and O–H groups in total. The summed E-state index contributed by atoms with van der Waals surface area (Å²) in [6.45, 7) is 6.62. The van der Waals surface area contributed by atoms with Gasteiger partial charge in [-0.15, -0.1) is 0 Å². The largest absolute Gasteiger partial charge is 0.370 e. The van der Waals surface area contributed by atoms with Crippen LogP contribution < -0.4 is 11.1 Å². The van der Waals surface area contributed by atoms with Crippen LogP contribution >= 0.6 is 0 Å². The Morgan fingerprint density at radius 2 is 2.20 bits per heavy atom. The van der Waals surface area contributed by atoms with Crippen LogP contribution in [0.15, 0.2) is 42.0 Å². The maximum Gasteiger partial charge on any atom is 0.189 e. The Labute approximate surface area is 118 Å². The number of guanidine groups is 1. The Bertz CT molecular complexity index is 563. The molecule has 0 saturated carbocycles. The molecular formula is C14H20N6. The van der Waals surface area contributed by atoms with E-state index >= 15 is 0 Å². The molecule has 2 rings (SSSR count). The van der Waals surface area contributed by atoms with Crippen LogP contribution in [-0.4, -0.2) is 26.0 Å². The number of nitrogens with two attached hydrogens (primary N) is 1. The molecule has 0 atom stereocenters. The number of aliphatic imine (C=N–C) groups is 1. The Morgan fingerprint density at radius 3 is 2.75 bits per heavy atom. The van der Waals surface area contributed by atoms with Gasteiger partial charge in [-0.1, -0.05) is 6.07 Å². The predicted octanol–water partition coefficient (Wildman–Crippen LogP) is 1.47. The van der Waals surface area contributed by atoms with Crippen molar-refractivity contribution < 1.29 is 0 Å². The van der Waals surface area contributed by atoms with Crippen molar-refractivity contribution in [1.82, 2.24) is 19.9 Å². The van der Waals surface area contributed by atoms with Crippen LogP contribution in [0.4, 0.5) is 0 Å². The maximum atomic E-state index is 5.82. The fourth-order valence-corrected chi connectivity index (χ4v) is 1.66. The lowest BCUT2D eigenvalue weighted by Crippen LogP contribution is -2.44. The van der Waals surface area contributed by atoms with Crippen molar-refractivity contribution in [2.24, 2.45) is 10.7 Å². The molecule has 6 heteroatoms. The quantitative estimate of drug-likeness (QED) is 0.655. The summed E-state index contributed by atoms with van der Waals surface area (Å²) < 4.78 is 1.85. The molecule has 0 unspecified atom stereocenters. The van der Waals surface area contributed by atoms with Gasteiger partial charge in [0.1, 0.15) is 12.1 Å². The molecule has 6 nitrogen and oxygen atoms in total. The van der Waals surface area contributed by atoms with Gasteiger partial charge in [0.2, 0.25) is 0 Å². The topological polar surface area (TPSA) is 81.1 Å². The summed E-state index contributed by atoms with van der Waals surface area (Å²) in [5.41, 5.74) is 6.74. The summed E-state index contributed by atoms with van der Waals surface area (Å²) in [6.07, 6.45) is 7.08. The molecular weight excluding hydrogens is 252 g/mol. The van der Waals surface area contributed by atoms with Crippen LogP contribution in [0.3, 0.4) is 0 Å². The third-order valence-electron chi connectivity index (χ3n) is 2.51. The molecule has 0 aliphatic rings. The highest BCUT2D eigenvalue weighted by Crippen LogP contribution is 2.06. The second-order valence-corrected chi connectivity index (χ2v) is 5.57. The molecule has 106 valence electrons. The summed E-state index contributed by atoms with van der Waals surface area (Å²) in [5, 5.41) is 3.12. The van der Waals surface area contributed by atoms with Crippen molar-refractivity contribution in [1.29, 1.82) is 0 Å². The van der Waals surface area contributed by atoms with Gasteiger partial charge in [-0.3, -0.25) is 4.57 Å². The number of aromatic nitrogens is 3. The number of imidazole rings is 1. The summed E-state index contributed by atoms with van der Waals surface area (Å²) in [5.74, 6) is 1.27. The first-order chi connectivity index (χ1) is 9.44. The van der Waals surface area contributed by atoms with Gasteiger partial charge in [0.05, 0.1) is 6.54 Å². The van der Waals surface area contributed by atoms with E-state index in [0.29, 0.717) is 12.5 Å². The average Bonchev–Trinajstić information content (AvgIpc) is 2.89. The molecule has 0 spiro atoms. The highest BCUT2D eigenvalue weighted by atomic mass is 15.1. The van der Waals surface area contributed by atoms with Gasteiger partial charge in [0.15, 0.2) is 5.96 Å². The zero-order valence-corrected chi connectivity index (χ0v) is 12.0. The predicted molar refractivity (Wildman–Crippen MR) is 79.6 cm³/mol. The normalized spacial score (nSPS) is 12.4. The summed E-state index contributed by atoms with van der Waals surface area (Å²) >= 11 is 0. The average molecular weight is 272 g/mol. The third kappa shape index (κ3) is 4.08. The molecule has 2 aromatic rings. The van der Waals surface area contributed by atoms with Crippen LogP contribution in [0.2, 0.25) is 0 Å². The third-order valence-corrected chi connectivity index (χ3v) is 2.51. The number of nitrogens with one attached hydrogen (secondary N) is 1. The van der Waals surface area contributed by atoms with Crippen molar-refractivity contribution in [2.75, 3.05) is 0 Å². The van der Waals surface area contributed by atoms with E-state index in [9.17, 15) is 0 Å². The van der Waals surface area contributed by atoms with E-state index in [2.05, 4.69) is 20.3 Å². The van der Waals surface area contributed by atoms with E-state index in [1.54, 1.807) is 18.7 Å². The first kappa shape index (κ1) is 14.0. The number of hydrogen-bond acceptors (Lipinski definition) is 3. The van der Waals surface area contributed by atoms with Crippen LogP contribution in [0.1, 0.15) is 26.3 Å². The second kappa shape index (κ2) is 5.73. The first-order valence-electron chi connectivity index (χ1n) is 6.45.